The Hall–Kier alpha value is -2.53. The fourth-order valence-electron chi connectivity index (χ4n) is 3.67. The minimum atomic E-state index is -0.128. The Morgan fingerprint density at radius 2 is 1.71 bits per heavy atom. The van der Waals surface area contributed by atoms with Crippen LogP contribution in [0.15, 0.2) is 54.6 Å². The maximum absolute atomic E-state index is 12.3. The van der Waals surface area contributed by atoms with E-state index in [1.807, 2.05) is 49.4 Å². The van der Waals surface area contributed by atoms with Crippen molar-refractivity contribution in [3.63, 3.8) is 0 Å². The van der Waals surface area contributed by atoms with Gasteiger partial charge in [-0.3, -0.25) is 4.90 Å². The third-order valence-corrected chi connectivity index (χ3v) is 5.16. The zero-order valence-electron chi connectivity index (χ0n) is 16.7. The van der Waals surface area contributed by atoms with E-state index in [1.54, 1.807) is 0 Å². The molecule has 28 heavy (non-hydrogen) atoms. The molecular weight excluding hydrogens is 350 g/mol. The lowest BCUT2D eigenvalue weighted by atomic mass is 10.0. The third kappa shape index (κ3) is 5.99. The molecule has 0 radical (unpaired) electrons. The molecule has 1 atom stereocenters. The highest BCUT2D eigenvalue weighted by molar-refractivity contribution is 5.73. The van der Waals surface area contributed by atoms with Crippen LogP contribution >= 0.6 is 0 Å². The van der Waals surface area contributed by atoms with Crippen molar-refractivity contribution in [3.8, 4) is 5.75 Å². The summed E-state index contributed by atoms with van der Waals surface area (Å²) in [4.78, 5) is 14.8. The van der Waals surface area contributed by atoms with E-state index in [9.17, 15) is 4.79 Å². The summed E-state index contributed by atoms with van der Waals surface area (Å²) in [6.45, 7) is 5.93. The van der Waals surface area contributed by atoms with Crippen LogP contribution in [0.1, 0.15) is 43.4 Å². The Balaban J connectivity index is 1.59. The van der Waals surface area contributed by atoms with Crippen LogP contribution in [0.25, 0.3) is 0 Å². The van der Waals surface area contributed by atoms with Gasteiger partial charge in [0.05, 0.1) is 12.6 Å². The summed E-state index contributed by atoms with van der Waals surface area (Å²) < 4.78 is 5.56. The first kappa shape index (κ1) is 20.2. The van der Waals surface area contributed by atoms with Crippen LogP contribution in [-0.2, 0) is 6.54 Å². The van der Waals surface area contributed by atoms with Crippen molar-refractivity contribution in [2.45, 2.75) is 38.8 Å². The number of rotatable bonds is 8. The summed E-state index contributed by atoms with van der Waals surface area (Å²) in [6, 6.07) is 18.3. The van der Waals surface area contributed by atoms with Gasteiger partial charge in [0.15, 0.2) is 0 Å². The monoisotopic (exact) mass is 381 g/mol. The molecule has 2 N–H and O–H groups in total. The maximum atomic E-state index is 12.3. The number of nitrogens with one attached hydrogen (secondary N) is 2. The van der Waals surface area contributed by atoms with Crippen LogP contribution in [0.2, 0.25) is 0 Å². The molecule has 1 aliphatic heterocycles. The second kappa shape index (κ2) is 10.7. The van der Waals surface area contributed by atoms with Gasteiger partial charge in [-0.25, -0.2) is 4.79 Å². The quantitative estimate of drug-likeness (QED) is 0.723. The predicted molar refractivity (Wildman–Crippen MR) is 112 cm³/mol. The van der Waals surface area contributed by atoms with E-state index in [0.717, 1.165) is 24.4 Å². The topological polar surface area (TPSA) is 53.6 Å². The number of urea groups is 1. The van der Waals surface area contributed by atoms with Gasteiger partial charge >= 0.3 is 6.03 Å². The first-order valence-electron chi connectivity index (χ1n) is 10.3. The van der Waals surface area contributed by atoms with Crippen LogP contribution in [0.4, 0.5) is 4.79 Å². The second-order valence-electron chi connectivity index (χ2n) is 7.16. The number of nitrogens with zero attached hydrogens (tertiary/aromatic N) is 1. The van der Waals surface area contributed by atoms with Gasteiger partial charge < -0.3 is 15.4 Å². The normalized spacial score (nSPS) is 15.6. The van der Waals surface area contributed by atoms with Crippen LogP contribution in [0.3, 0.4) is 0 Å². The molecule has 1 heterocycles. The first-order chi connectivity index (χ1) is 13.8. The Bertz CT molecular complexity index is 712. The third-order valence-electron chi connectivity index (χ3n) is 5.16. The fraction of sp³-hybridized carbons (Fsp3) is 0.435. The SMILES string of the molecule is CCOc1ccc(C(CNC(=O)NCc2ccccc2)N2CCCCC2)cc1. The van der Waals surface area contributed by atoms with Gasteiger partial charge in [0, 0.05) is 13.1 Å². The Labute approximate surface area is 168 Å². The summed E-state index contributed by atoms with van der Waals surface area (Å²) >= 11 is 0. The molecule has 1 aliphatic rings. The molecule has 0 aliphatic carbocycles. The number of carbonyl (C=O) groups is 1. The Morgan fingerprint density at radius 3 is 2.39 bits per heavy atom. The number of hydrogen-bond acceptors (Lipinski definition) is 3. The van der Waals surface area contributed by atoms with Gasteiger partial charge in [0.25, 0.3) is 0 Å². The molecule has 1 saturated heterocycles. The van der Waals surface area contributed by atoms with E-state index in [2.05, 4.69) is 27.7 Å². The molecule has 150 valence electrons. The van der Waals surface area contributed by atoms with Crippen LogP contribution < -0.4 is 15.4 Å². The number of likely N-dealkylation sites (tertiary alicyclic amines) is 1. The molecule has 0 spiro atoms. The number of amides is 2. The zero-order chi connectivity index (χ0) is 19.6. The molecule has 0 aromatic heterocycles. The summed E-state index contributed by atoms with van der Waals surface area (Å²) in [5, 5.41) is 6.01. The molecule has 0 bridgehead atoms. The van der Waals surface area contributed by atoms with Crippen LogP contribution in [0.5, 0.6) is 5.75 Å². The van der Waals surface area contributed by atoms with E-state index >= 15 is 0 Å². The highest BCUT2D eigenvalue weighted by Gasteiger charge is 2.23. The second-order valence-corrected chi connectivity index (χ2v) is 7.16. The van der Waals surface area contributed by atoms with E-state index in [0.29, 0.717) is 19.7 Å². The van der Waals surface area contributed by atoms with E-state index in [-0.39, 0.29) is 12.1 Å². The number of hydrogen-bond donors (Lipinski definition) is 2. The van der Waals surface area contributed by atoms with Crippen molar-refractivity contribution in [1.82, 2.24) is 15.5 Å². The van der Waals surface area contributed by atoms with Gasteiger partial charge in [-0.15, -0.1) is 0 Å². The molecule has 2 aromatic rings. The minimum absolute atomic E-state index is 0.128. The van der Waals surface area contributed by atoms with Gasteiger partial charge in [-0.1, -0.05) is 48.9 Å². The standard InChI is InChI=1S/C23H31N3O2/c1-2-28-21-13-11-20(12-14-21)22(26-15-7-4-8-16-26)18-25-23(27)24-17-19-9-5-3-6-10-19/h3,5-6,9-14,22H,2,4,7-8,15-18H2,1H3,(H2,24,25,27). The van der Waals surface area contributed by atoms with Crippen molar-refractivity contribution >= 4 is 6.03 Å². The number of benzene rings is 2. The van der Waals surface area contributed by atoms with E-state index in [1.165, 1.54) is 24.8 Å². The van der Waals surface area contributed by atoms with Gasteiger partial charge in [0.1, 0.15) is 5.75 Å². The van der Waals surface area contributed by atoms with E-state index in [4.69, 9.17) is 4.74 Å². The summed E-state index contributed by atoms with van der Waals surface area (Å²) in [5.41, 5.74) is 2.31. The van der Waals surface area contributed by atoms with E-state index < -0.39 is 0 Å². The molecule has 5 nitrogen and oxygen atoms in total. The number of piperidine rings is 1. The molecule has 5 heteroatoms. The zero-order valence-corrected chi connectivity index (χ0v) is 16.7. The molecular formula is C23H31N3O2. The Morgan fingerprint density at radius 1 is 1.00 bits per heavy atom. The molecule has 2 amide bonds. The first-order valence-corrected chi connectivity index (χ1v) is 10.3. The van der Waals surface area contributed by atoms with Crippen molar-refractivity contribution in [3.05, 3.63) is 65.7 Å². The molecule has 2 aromatic carbocycles. The highest BCUT2D eigenvalue weighted by atomic mass is 16.5. The number of carbonyl (C=O) groups excluding carboxylic acids is 1. The summed E-state index contributed by atoms with van der Waals surface area (Å²) in [7, 11) is 0. The molecule has 0 saturated carbocycles. The smallest absolute Gasteiger partial charge is 0.315 e. The maximum Gasteiger partial charge on any atom is 0.315 e. The lowest BCUT2D eigenvalue weighted by Gasteiger charge is -2.35. The van der Waals surface area contributed by atoms with Crippen LogP contribution in [-0.4, -0.2) is 37.2 Å². The fourth-order valence-corrected chi connectivity index (χ4v) is 3.67. The van der Waals surface area contributed by atoms with Crippen LogP contribution in [0, 0.1) is 0 Å². The molecule has 1 fully saturated rings. The van der Waals surface area contributed by atoms with Crippen molar-refractivity contribution in [2.75, 3.05) is 26.2 Å². The Kier molecular flexibility index (Phi) is 7.73. The van der Waals surface area contributed by atoms with Gasteiger partial charge in [-0.2, -0.15) is 0 Å². The van der Waals surface area contributed by atoms with Crippen molar-refractivity contribution in [1.29, 1.82) is 0 Å². The largest absolute Gasteiger partial charge is 0.494 e. The van der Waals surface area contributed by atoms with Crippen molar-refractivity contribution in [2.24, 2.45) is 0 Å². The number of ether oxygens (including phenoxy) is 1. The predicted octanol–water partition coefficient (Wildman–Crippen LogP) is 4.11. The minimum Gasteiger partial charge on any atom is -0.494 e. The van der Waals surface area contributed by atoms with Crippen molar-refractivity contribution < 1.29 is 9.53 Å². The lowest BCUT2D eigenvalue weighted by Crippen LogP contribution is -2.43. The summed E-state index contributed by atoms with van der Waals surface area (Å²) in [5.74, 6) is 0.886. The molecule has 1 unspecified atom stereocenters. The highest BCUT2D eigenvalue weighted by Crippen LogP contribution is 2.26. The average molecular weight is 382 g/mol. The molecule has 3 rings (SSSR count). The van der Waals surface area contributed by atoms with Gasteiger partial charge in [-0.05, 0) is 56.1 Å². The lowest BCUT2D eigenvalue weighted by molar-refractivity contribution is 0.160. The average Bonchev–Trinajstić information content (AvgIpc) is 2.75. The van der Waals surface area contributed by atoms with Gasteiger partial charge in [0.2, 0.25) is 0 Å². The summed E-state index contributed by atoms with van der Waals surface area (Å²) in [6.07, 6.45) is 3.72.